The first kappa shape index (κ1) is 14.7. The summed E-state index contributed by atoms with van der Waals surface area (Å²) in [5, 5.41) is 9.65. The van der Waals surface area contributed by atoms with E-state index in [1.54, 1.807) is 11.3 Å². The first-order chi connectivity index (χ1) is 9.56. The van der Waals surface area contributed by atoms with E-state index >= 15 is 0 Å². The minimum absolute atomic E-state index is 0.517. The Hall–Kier alpha value is -1.71. The lowest BCUT2D eigenvalue weighted by molar-refractivity contribution is 0.280. The Morgan fingerprint density at radius 1 is 1.35 bits per heavy atom. The molecule has 0 radical (unpaired) electrons. The van der Waals surface area contributed by atoms with Crippen LogP contribution in [0.4, 0.5) is 5.82 Å². The lowest BCUT2D eigenvalue weighted by Gasteiger charge is -2.17. The molecule has 0 amide bonds. The highest BCUT2D eigenvalue weighted by Gasteiger charge is 2.14. The number of nitrogens with two attached hydrogens (primary N) is 1. The van der Waals surface area contributed by atoms with Gasteiger partial charge in [0.25, 0.3) is 0 Å². The third-order valence-corrected chi connectivity index (χ3v) is 4.56. The molecule has 0 atom stereocenters. The van der Waals surface area contributed by atoms with Crippen molar-refractivity contribution in [2.45, 2.75) is 33.7 Å². The normalized spacial score (nSPS) is 11.2. The van der Waals surface area contributed by atoms with Crippen LogP contribution in [0.5, 0.6) is 0 Å². The number of hydrogen-bond acceptors (Lipinski definition) is 6. The topological polar surface area (TPSA) is 78.8 Å². The molecule has 0 aromatic carbocycles. The number of nitriles is 1. The Bertz CT molecular complexity index is 656. The molecular formula is C14H19N5S. The number of fused-ring (bicyclic) bond motifs is 1. The van der Waals surface area contributed by atoms with Crippen LogP contribution >= 0.6 is 11.3 Å². The smallest absolute Gasteiger partial charge is 0.146 e. The number of thiophene rings is 1. The fourth-order valence-corrected chi connectivity index (χ4v) is 3.21. The number of rotatable bonds is 5. The molecule has 20 heavy (non-hydrogen) atoms. The average molecular weight is 289 g/mol. The maximum atomic E-state index is 8.67. The number of nitrogen functional groups attached to an aromatic ring is 1. The molecule has 2 heterocycles. The van der Waals surface area contributed by atoms with Gasteiger partial charge in [0.15, 0.2) is 0 Å². The molecule has 0 aliphatic carbocycles. The van der Waals surface area contributed by atoms with E-state index in [0.717, 1.165) is 29.1 Å². The Morgan fingerprint density at radius 3 is 2.75 bits per heavy atom. The van der Waals surface area contributed by atoms with Crippen LogP contribution in [0.25, 0.3) is 10.2 Å². The van der Waals surface area contributed by atoms with Gasteiger partial charge in [-0.1, -0.05) is 6.92 Å². The Morgan fingerprint density at radius 2 is 2.10 bits per heavy atom. The Kier molecular flexibility index (Phi) is 4.53. The summed E-state index contributed by atoms with van der Waals surface area (Å²) in [5.74, 6) is 1.29. The number of anilines is 1. The van der Waals surface area contributed by atoms with Gasteiger partial charge in [-0.3, -0.25) is 4.90 Å². The van der Waals surface area contributed by atoms with Crippen molar-refractivity contribution in [1.29, 1.82) is 5.26 Å². The second kappa shape index (κ2) is 6.16. The number of hydrogen-bond donors (Lipinski definition) is 1. The molecule has 0 saturated heterocycles. The van der Waals surface area contributed by atoms with Gasteiger partial charge < -0.3 is 5.73 Å². The van der Waals surface area contributed by atoms with Gasteiger partial charge in [0.2, 0.25) is 0 Å². The second-order valence-corrected chi connectivity index (χ2v) is 5.97. The van der Waals surface area contributed by atoms with Crippen LogP contribution in [0.2, 0.25) is 0 Å². The highest BCUT2D eigenvalue weighted by Crippen LogP contribution is 2.31. The zero-order chi connectivity index (χ0) is 14.7. The van der Waals surface area contributed by atoms with E-state index in [0.29, 0.717) is 18.8 Å². The summed E-state index contributed by atoms with van der Waals surface area (Å²) in [4.78, 5) is 13.4. The van der Waals surface area contributed by atoms with Gasteiger partial charge in [-0.05, 0) is 26.0 Å². The molecule has 0 saturated carbocycles. The molecule has 0 unspecified atom stereocenters. The second-order valence-electron chi connectivity index (χ2n) is 4.77. The van der Waals surface area contributed by atoms with Gasteiger partial charge >= 0.3 is 0 Å². The zero-order valence-electron chi connectivity index (χ0n) is 12.1. The lowest BCUT2D eigenvalue weighted by Crippen LogP contribution is -2.25. The highest BCUT2D eigenvalue weighted by atomic mass is 32.1. The molecule has 5 nitrogen and oxygen atoms in total. The van der Waals surface area contributed by atoms with E-state index in [-0.39, 0.29) is 0 Å². The molecule has 0 spiro atoms. The van der Waals surface area contributed by atoms with Crippen molar-refractivity contribution < 1.29 is 0 Å². The summed E-state index contributed by atoms with van der Waals surface area (Å²) >= 11 is 1.66. The molecule has 106 valence electrons. The molecular weight excluding hydrogens is 270 g/mol. The first-order valence-electron chi connectivity index (χ1n) is 6.68. The molecule has 2 aromatic rings. The summed E-state index contributed by atoms with van der Waals surface area (Å²) in [7, 11) is 0. The van der Waals surface area contributed by atoms with Crippen molar-refractivity contribution in [2.75, 3.05) is 18.8 Å². The van der Waals surface area contributed by atoms with Crippen molar-refractivity contribution in [2.24, 2.45) is 0 Å². The van der Waals surface area contributed by atoms with Crippen LogP contribution in [0, 0.1) is 25.2 Å². The molecule has 6 heteroatoms. The largest absolute Gasteiger partial charge is 0.383 e. The van der Waals surface area contributed by atoms with E-state index in [2.05, 4.69) is 41.7 Å². The van der Waals surface area contributed by atoms with Crippen LogP contribution in [0.1, 0.15) is 29.6 Å². The van der Waals surface area contributed by atoms with Gasteiger partial charge in [0, 0.05) is 17.8 Å². The quantitative estimate of drug-likeness (QED) is 0.915. The number of aromatic nitrogens is 2. The number of nitrogens with zero attached hydrogens (tertiary/aromatic N) is 4. The molecule has 0 aliphatic heterocycles. The maximum Gasteiger partial charge on any atom is 0.146 e. The number of aryl methyl sites for hydroxylation is 2. The molecule has 2 N–H and O–H groups in total. The van der Waals surface area contributed by atoms with Crippen LogP contribution < -0.4 is 5.73 Å². The van der Waals surface area contributed by atoms with E-state index in [1.165, 1.54) is 10.4 Å². The summed E-state index contributed by atoms with van der Waals surface area (Å²) in [5.41, 5.74) is 7.25. The van der Waals surface area contributed by atoms with Crippen molar-refractivity contribution in [3.05, 3.63) is 16.3 Å². The Balaban J connectivity index is 2.29. The van der Waals surface area contributed by atoms with E-state index < -0.39 is 0 Å². The van der Waals surface area contributed by atoms with Crippen LogP contribution in [-0.2, 0) is 6.54 Å². The van der Waals surface area contributed by atoms with Crippen LogP contribution in [-0.4, -0.2) is 28.0 Å². The predicted octanol–water partition coefficient (Wildman–Crippen LogP) is 2.63. The predicted molar refractivity (Wildman–Crippen MR) is 82.5 cm³/mol. The average Bonchev–Trinajstić information content (AvgIpc) is 2.70. The minimum atomic E-state index is 0.517. The Labute approximate surface area is 123 Å². The highest BCUT2D eigenvalue weighted by molar-refractivity contribution is 7.18. The summed E-state index contributed by atoms with van der Waals surface area (Å²) in [6.07, 6.45) is 0.517. The molecule has 2 rings (SSSR count). The maximum absolute atomic E-state index is 8.67. The van der Waals surface area contributed by atoms with Crippen molar-refractivity contribution in [3.8, 4) is 6.07 Å². The SMILES string of the molecule is CCN(CCC#N)Cc1nc(N)c2c(C)c(C)sc2n1. The minimum Gasteiger partial charge on any atom is -0.383 e. The third-order valence-electron chi connectivity index (χ3n) is 3.46. The third kappa shape index (κ3) is 2.89. The van der Waals surface area contributed by atoms with Crippen molar-refractivity contribution >= 4 is 27.4 Å². The first-order valence-corrected chi connectivity index (χ1v) is 7.49. The molecule has 2 aromatic heterocycles. The zero-order valence-corrected chi connectivity index (χ0v) is 12.9. The lowest BCUT2D eigenvalue weighted by atomic mass is 10.2. The molecule has 0 fully saturated rings. The van der Waals surface area contributed by atoms with Crippen LogP contribution in [0.3, 0.4) is 0 Å². The van der Waals surface area contributed by atoms with E-state index in [9.17, 15) is 0 Å². The van der Waals surface area contributed by atoms with E-state index in [4.69, 9.17) is 11.0 Å². The van der Waals surface area contributed by atoms with Gasteiger partial charge in [-0.2, -0.15) is 5.26 Å². The molecule has 0 aliphatic rings. The van der Waals surface area contributed by atoms with Crippen molar-refractivity contribution in [1.82, 2.24) is 14.9 Å². The summed E-state index contributed by atoms with van der Waals surface area (Å²) in [6.45, 7) is 8.43. The van der Waals surface area contributed by atoms with E-state index in [1.807, 2.05) is 0 Å². The van der Waals surface area contributed by atoms with Gasteiger partial charge in [0.05, 0.1) is 18.0 Å². The fraction of sp³-hybridized carbons (Fsp3) is 0.500. The monoisotopic (exact) mass is 289 g/mol. The van der Waals surface area contributed by atoms with Gasteiger partial charge in [-0.15, -0.1) is 11.3 Å². The van der Waals surface area contributed by atoms with Gasteiger partial charge in [0.1, 0.15) is 16.5 Å². The fourth-order valence-electron chi connectivity index (χ4n) is 2.15. The standard InChI is InChI=1S/C14H19N5S/c1-4-19(7-5-6-15)8-11-17-13(16)12-9(2)10(3)20-14(12)18-11/h4-5,7-8H2,1-3H3,(H2,16,17,18). The summed E-state index contributed by atoms with van der Waals surface area (Å²) in [6, 6.07) is 2.16. The van der Waals surface area contributed by atoms with Crippen molar-refractivity contribution in [3.63, 3.8) is 0 Å². The molecule has 0 bridgehead atoms. The summed E-state index contributed by atoms with van der Waals surface area (Å²) < 4.78 is 0. The van der Waals surface area contributed by atoms with Crippen LogP contribution in [0.15, 0.2) is 0 Å². The van der Waals surface area contributed by atoms with Gasteiger partial charge in [-0.25, -0.2) is 9.97 Å².